The fraction of sp³-hybridized carbons (Fsp3) is 0.846. The van der Waals surface area contributed by atoms with E-state index in [-0.39, 0.29) is 17.7 Å². The number of nitrogens with two attached hydrogens (primary N) is 1. The molecule has 1 amide bonds. The average molecular weight is 256 g/mol. The van der Waals surface area contributed by atoms with E-state index in [1.807, 2.05) is 0 Å². The molecule has 1 aliphatic rings. The number of nitrogens with one attached hydrogen (secondary N) is 1. The van der Waals surface area contributed by atoms with Crippen molar-refractivity contribution in [1.29, 1.82) is 0 Å². The van der Waals surface area contributed by atoms with E-state index in [0.29, 0.717) is 19.5 Å². The molecule has 4 N–H and O–H groups in total. The van der Waals surface area contributed by atoms with Crippen LogP contribution >= 0.6 is 0 Å². The van der Waals surface area contributed by atoms with E-state index in [9.17, 15) is 9.59 Å². The summed E-state index contributed by atoms with van der Waals surface area (Å²) in [5, 5.41) is 11.9. The first kappa shape index (κ1) is 15.0. The van der Waals surface area contributed by atoms with E-state index < -0.39 is 5.97 Å². The van der Waals surface area contributed by atoms with Crippen molar-refractivity contribution >= 4 is 11.9 Å². The lowest BCUT2D eigenvalue weighted by Crippen LogP contribution is -2.32. The van der Waals surface area contributed by atoms with Crippen molar-refractivity contribution in [2.45, 2.75) is 44.9 Å². The van der Waals surface area contributed by atoms with Crippen molar-refractivity contribution in [1.82, 2.24) is 5.32 Å². The zero-order valence-corrected chi connectivity index (χ0v) is 10.9. The number of aliphatic carboxylic acids is 1. The number of rotatable bonds is 8. The first-order valence-corrected chi connectivity index (χ1v) is 6.84. The standard InChI is InChI=1S/C13H24N2O3/c14-8-3-1-2-7-12(16)15-9-10-5-4-6-11(10)13(17)18/h10-11H,1-9,14H2,(H,15,16)(H,17,18). The van der Waals surface area contributed by atoms with Crippen LogP contribution in [0.5, 0.6) is 0 Å². The van der Waals surface area contributed by atoms with Gasteiger partial charge in [-0.2, -0.15) is 0 Å². The minimum Gasteiger partial charge on any atom is -0.481 e. The van der Waals surface area contributed by atoms with Gasteiger partial charge >= 0.3 is 5.97 Å². The number of carboxylic acids is 1. The Labute approximate surface area is 108 Å². The maximum Gasteiger partial charge on any atom is 0.306 e. The second-order valence-corrected chi connectivity index (χ2v) is 5.04. The molecule has 1 saturated carbocycles. The van der Waals surface area contributed by atoms with Crippen LogP contribution in [0.1, 0.15) is 44.9 Å². The minimum absolute atomic E-state index is 0.0306. The number of amides is 1. The van der Waals surface area contributed by atoms with Crippen LogP contribution in [0.25, 0.3) is 0 Å². The zero-order valence-electron chi connectivity index (χ0n) is 10.9. The molecule has 104 valence electrons. The first-order valence-electron chi connectivity index (χ1n) is 6.84. The summed E-state index contributed by atoms with van der Waals surface area (Å²) >= 11 is 0. The molecule has 2 atom stereocenters. The number of unbranched alkanes of at least 4 members (excludes halogenated alkanes) is 2. The van der Waals surface area contributed by atoms with Crippen LogP contribution in [0.4, 0.5) is 0 Å². The van der Waals surface area contributed by atoms with Gasteiger partial charge in [-0.3, -0.25) is 9.59 Å². The predicted molar refractivity (Wildman–Crippen MR) is 69.0 cm³/mol. The van der Waals surface area contributed by atoms with Crippen molar-refractivity contribution < 1.29 is 14.7 Å². The summed E-state index contributed by atoms with van der Waals surface area (Å²) in [4.78, 5) is 22.5. The van der Waals surface area contributed by atoms with Gasteiger partial charge in [-0.05, 0) is 38.1 Å². The Balaban J connectivity index is 2.15. The highest BCUT2D eigenvalue weighted by atomic mass is 16.4. The summed E-state index contributed by atoms with van der Waals surface area (Å²) < 4.78 is 0. The molecule has 2 unspecified atom stereocenters. The summed E-state index contributed by atoms with van der Waals surface area (Å²) in [6.45, 7) is 1.18. The first-order chi connectivity index (χ1) is 8.65. The molecule has 0 aromatic rings. The summed E-state index contributed by atoms with van der Waals surface area (Å²) in [5.41, 5.74) is 5.37. The molecular weight excluding hydrogens is 232 g/mol. The van der Waals surface area contributed by atoms with E-state index in [0.717, 1.165) is 38.5 Å². The van der Waals surface area contributed by atoms with Crippen LogP contribution in [0.2, 0.25) is 0 Å². The predicted octanol–water partition coefficient (Wildman–Crippen LogP) is 1.12. The molecule has 5 nitrogen and oxygen atoms in total. The Morgan fingerprint density at radius 3 is 2.67 bits per heavy atom. The Morgan fingerprint density at radius 1 is 1.22 bits per heavy atom. The quantitative estimate of drug-likeness (QED) is 0.567. The number of hydrogen-bond donors (Lipinski definition) is 3. The van der Waals surface area contributed by atoms with Gasteiger partial charge in [-0.15, -0.1) is 0 Å². The summed E-state index contributed by atoms with van der Waals surface area (Å²) in [5.74, 6) is -0.865. The maximum absolute atomic E-state index is 11.5. The lowest BCUT2D eigenvalue weighted by Gasteiger charge is -2.16. The van der Waals surface area contributed by atoms with Gasteiger partial charge in [0.2, 0.25) is 5.91 Å². The molecule has 18 heavy (non-hydrogen) atoms. The van der Waals surface area contributed by atoms with E-state index in [1.165, 1.54) is 0 Å². The van der Waals surface area contributed by atoms with Crippen LogP contribution in [0.3, 0.4) is 0 Å². The largest absolute Gasteiger partial charge is 0.481 e. The second-order valence-electron chi connectivity index (χ2n) is 5.04. The minimum atomic E-state index is -0.727. The molecular formula is C13H24N2O3. The third kappa shape index (κ3) is 5.04. The summed E-state index contributed by atoms with van der Waals surface area (Å²) in [6, 6.07) is 0. The van der Waals surface area contributed by atoms with Gasteiger partial charge in [0.05, 0.1) is 5.92 Å². The summed E-state index contributed by atoms with van der Waals surface area (Å²) in [7, 11) is 0. The zero-order chi connectivity index (χ0) is 13.4. The van der Waals surface area contributed by atoms with E-state index >= 15 is 0 Å². The second kappa shape index (κ2) is 8.08. The van der Waals surface area contributed by atoms with Crippen LogP contribution in [-0.2, 0) is 9.59 Å². The molecule has 0 saturated heterocycles. The van der Waals surface area contributed by atoms with E-state index in [1.54, 1.807) is 0 Å². The number of carboxylic acid groups (broad SMARTS) is 1. The number of hydrogen-bond acceptors (Lipinski definition) is 3. The molecule has 0 radical (unpaired) electrons. The van der Waals surface area contributed by atoms with Crippen LogP contribution in [0, 0.1) is 11.8 Å². The topological polar surface area (TPSA) is 92.4 Å². The Kier molecular flexibility index (Phi) is 6.72. The van der Waals surface area contributed by atoms with Gasteiger partial charge in [0, 0.05) is 13.0 Å². The smallest absolute Gasteiger partial charge is 0.306 e. The highest BCUT2D eigenvalue weighted by Gasteiger charge is 2.32. The number of carbonyl (C=O) groups is 2. The normalized spacial score (nSPS) is 22.9. The maximum atomic E-state index is 11.5. The van der Waals surface area contributed by atoms with Crippen LogP contribution < -0.4 is 11.1 Å². The van der Waals surface area contributed by atoms with Gasteiger partial charge in [0.1, 0.15) is 0 Å². The van der Waals surface area contributed by atoms with Gasteiger partial charge in [0.25, 0.3) is 0 Å². The Morgan fingerprint density at radius 2 is 2.00 bits per heavy atom. The molecule has 5 heteroatoms. The Bertz CT molecular complexity index is 281. The van der Waals surface area contributed by atoms with Crippen molar-refractivity contribution in [3.05, 3.63) is 0 Å². The van der Waals surface area contributed by atoms with Gasteiger partial charge in [0.15, 0.2) is 0 Å². The van der Waals surface area contributed by atoms with Crippen molar-refractivity contribution in [2.75, 3.05) is 13.1 Å². The van der Waals surface area contributed by atoms with Gasteiger partial charge in [-0.25, -0.2) is 0 Å². The SMILES string of the molecule is NCCCCCC(=O)NCC1CCCC1C(=O)O. The molecule has 0 heterocycles. The molecule has 1 rings (SSSR count). The third-order valence-electron chi connectivity index (χ3n) is 3.65. The van der Waals surface area contributed by atoms with E-state index in [2.05, 4.69) is 5.32 Å². The average Bonchev–Trinajstić information content (AvgIpc) is 2.80. The third-order valence-corrected chi connectivity index (χ3v) is 3.65. The lowest BCUT2D eigenvalue weighted by atomic mass is 9.96. The van der Waals surface area contributed by atoms with Gasteiger partial charge in [-0.1, -0.05) is 12.8 Å². The van der Waals surface area contributed by atoms with Crippen LogP contribution in [-0.4, -0.2) is 30.1 Å². The molecule has 0 bridgehead atoms. The molecule has 1 fully saturated rings. The lowest BCUT2D eigenvalue weighted by molar-refractivity contribution is -0.143. The van der Waals surface area contributed by atoms with Crippen LogP contribution in [0.15, 0.2) is 0 Å². The van der Waals surface area contributed by atoms with Crippen molar-refractivity contribution in [3.63, 3.8) is 0 Å². The molecule has 0 spiro atoms. The van der Waals surface area contributed by atoms with Crippen molar-refractivity contribution in [3.8, 4) is 0 Å². The highest BCUT2D eigenvalue weighted by molar-refractivity contribution is 5.76. The fourth-order valence-electron chi connectivity index (χ4n) is 2.55. The van der Waals surface area contributed by atoms with E-state index in [4.69, 9.17) is 10.8 Å². The fourth-order valence-corrected chi connectivity index (χ4v) is 2.55. The molecule has 0 aromatic carbocycles. The molecule has 0 aliphatic heterocycles. The monoisotopic (exact) mass is 256 g/mol. The molecule has 0 aromatic heterocycles. The Hall–Kier alpha value is -1.10. The van der Waals surface area contributed by atoms with Crippen molar-refractivity contribution in [2.24, 2.45) is 17.6 Å². The summed E-state index contributed by atoms with van der Waals surface area (Å²) in [6.07, 6.45) is 5.91. The van der Waals surface area contributed by atoms with Gasteiger partial charge < -0.3 is 16.2 Å². The number of carbonyl (C=O) groups excluding carboxylic acids is 1. The molecule has 1 aliphatic carbocycles. The highest BCUT2D eigenvalue weighted by Crippen LogP contribution is 2.31.